The molecule has 5 heteroatoms. The minimum atomic E-state index is -0.158. The van der Waals surface area contributed by atoms with Crippen LogP contribution in [-0.4, -0.2) is 26.9 Å². The number of pyridine rings is 1. The summed E-state index contributed by atoms with van der Waals surface area (Å²) >= 11 is 0. The zero-order chi connectivity index (χ0) is 14.8. The van der Waals surface area contributed by atoms with Crippen LogP contribution in [0.2, 0.25) is 0 Å². The number of hydrogen-bond donors (Lipinski definition) is 2. The summed E-state index contributed by atoms with van der Waals surface area (Å²) in [6.45, 7) is 0.519. The Morgan fingerprint density at radius 1 is 1.29 bits per heavy atom. The van der Waals surface area contributed by atoms with Crippen LogP contribution in [0, 0.1) is 0 Å². The number of nitrogens with zero attached hydrogens (tertiary/aromatic N) is 2. The molecule has 21 heavy (non-hydrogen) atoms. The molecular weight excluding hydrogens is 266 g/mol. The normalized spacial score (nSPS) is 13.9. The number of anilines is 1. The molecule has 0 bridgehead atoms. The Morgan fingerprint density at radius 3 is 2.62 bits per heavy atom. The topological polar surface area (TPSA) is 79.5 Å². The molecule has 1 fully saturated rings. The molecule has 0 spiro atoms. The van der Waals surface area contributed by atoms with Crippen LogP contribution in [0.5, 0.6) is 5.75 Å². The molecule has 0 saturated heterocycles. The van der Waals surface area contributed by atoms with E-state index in [-0.39, 0.29) is 17.7 Å². The fraction of sp³-hybridized carbons (Fsp3) is 0.250. The van der Waals surface area contributed by atoms with Crippen molar-refractivity contribution in [2.24, 2.45) is 0 Å². The number of nitrogens with two attached hydrogens (primary N) is 1. The first-order valence-electron chi connectivity index (χ1n) is 6.93. The van der Waals surface area contributed by atoms with Gasteiger partial charge >= 0.3 is 0 Å². The van der Waals surface area contributed by atoms with Gasteiger partial charge in [-0.25, -0.2) is 0 Å². The van der Waals surface area contributed by atoms with Crippen molar-refractivity contribution in [2.45, 2.75) is 25.4 Å². The third-order valence-corrected chi connectivity index (χ3v) is 3.61. The summed E-state index contributed by atoms with van der Waals surface area (Å²) in [4.78, 5) is 18.2. The van der Waals surface area contributed by atoms with E-state index in [2.05, 4.69) is 4.98 Å². The smallest absolute Gasteiger partial charge is 0.258 e. The fourth-order valence-corrected chi connectivity index (χ4v) is 2.29. The van der Waals surface area contributed by atoms with Gasteiger partial charge in [0, 0.05) is 24.5 Å². The Bertz CT molecular complexity index is 651. The third-order valence-electron chi connectivity index (χ3n) is 3.61. The van der Waals surface area contributed by atoms with Crippen LogP contribution in [0.3, 0.4) is 0 Å². The van der Waals surface area contributed by atoms with Gasteiger partial charge in [0.05, 0.1) is 11.8 Å². The highest BCUT2D eigenvalue weighted by atomic mass is 16.3. The standard InChI is InChI=1S/C16H17N3O2/c17-12-3-1-11(2-4-12)10-19(13-5-6-13)16(21)14-7-8-18-9-15(14)20/h1-4,7-9,13,20H,5-6,10,17H2. The molecule has 1 aromatic carbocycles. The second-order valence-electron chi connectivity index (χ2n) is 5.30. The van der Waals surface area contributed by atoms with Crippen LogP contribution in [0.15, 0.2) is 42.7 Å². The molecule has 1 aliphatic rings. The first kappa shape index (κ1) is 13.4. The van der Waals surface area contributed by atoms with E-state index in [0.717, 1.165) is 18.4 Å². The van der Waals surface area contributed by atoms with Gasteiger partial charge in [0.25, 0.3) is 5.91 Å². The highest BCUT2D eigenvalue weighted by Crippen LogP contribution is 2.31. The van der Waals surface area contributed by atoms with Gasteiger partial charge in [-0.15, -0.1) is 0 Å². The predicted molar refractivity (Wildman–Crippen MR) is 79.7 cm³/mol. The molecule has 1 aromatic heterocycles. The molecule has 0 atom stereocenters. The highest BCUT2D eigenvalue weighted by Gasteiger charge is 2.33. The summed E-state index contributed by atoms with van der Waals surface area (Å²) in [5.74, 6) is -0.236. The van der Waals surface area contributed by atoms with Crippen LogP contribution >= 0.6 is 0 Å². The highest BCUT2D eigenvalue weighted by molar-refractivity contribution is 5.97. The quantitative estimate of drug-likeness (QED) is 0.843. The van der Waals surface area contributed by atoms with Gasteiger partial charge in [0.1, 0.15) is 5.75 Å². The van der Waals surface area contributed by atoms with Crippen molar-refractivity contribution in [2.75, 3.05) is 5.73 Å². The number of aromatic nitrogens is 1. The van der Waals surface area contributed by atoms with Crippen LogP contribution in [0.1, 0.15) is 28.8 Å². The SMILES string of the molecule is Nc1ccc(CN(C(=O)c2ccncc2O)C2CC2)cc1. The van der Waals surface area contributed by atoms with E-state index in [0.29, 0.717) is 17.8 Å². The van der Waals surface area contributed by atoms with Gasteiger partial charge < -0.3 is 15.7 Å². The molecule has 1 aliphatic carbocycles. The molecule has 108 valence electrons. The summed E-state index contributed by atoms with van der Waals surface area (Å²) in [6.07, 6.45) is 4.82. The average Bonchev–Trinajstić information content (AvgIpc) is 3.31. The van der Waals surface area contributed by atoms with Gasteiger partial charge in [-0.3, -0.25) is 9.78 Å². The predicted octanol–water partition coefficient (Wildman–Crippen LogP) is 2.17. The zero-order valence-electron chi connectivity index (χ0n) is 11.6. The zero-order valence-corrected chi connectivity index (χ0v) is 11.6. The van der Waals surface area contributed by atoms with E-state index in [1.165, 1.54) is 12.4 Å². The summed E-state index contributed by atoms with van der Waals surface area (Å²) in [6, 6.07) is 9.30. The van der Waals surface area contributed by atoms with E-state index in [1.807, 2.05) is 24.3 Å². The van der Waals surface area contributed by atoms with Gasteiger partial charge in [-0.05, 0) is 36.6 Å². The van der Waals surface area contributed by atoms with Crippen molar-refractivity contribution < 1.29 is 9.90 Å². The minimum absolute atomic E-state index is 0.0783. The molecule has 3 N–H and O–H groups in total. The second-order valence-corrected chi connectivity index (χ2v) is 5.30. The maximum atomic E-state index is 12.6. The minimum Gasteiger partial charge on any atom is -0.505 e. The molecule has 5 nitrogen and oxygen atoms in total. The first-order valence-corrected chi connectivity index (χ1v) is 6.93. The van der Waals surface area contributed by atoms with Gasteiger partial charge in [-0.1, -0.05) is 12.1 Å². The van der Waals surface area contributed by atoms with Crippen LogP contribution in [0.4, 0.5) is 5.69 Å². The van der Waals surface area contributed by atoms with E-state index in [9.17, 15) is 9.90 Å². The van der Waals surface area contributed by atoms with Gasteiger partial charge in [0.15, 0.2) is 0 Å². The molecule has 1 heterocycles. The van der Waals surface area contributed by atoms with Crippen molar-refractivity contribution in [3.05, 3.63) is 53.9 Å². The average molecular weight is 283 g/mol. The summed E-state index contributed by atoms with van der Waals surface area (Å²) in [5, 5.41) is 9.81. The summed E-state index contributed by atoms with van der Waals surface area (Å²) < 4.78 is 0. The summed E-state index contributed by atoms with van der Waals surface area (Å²) in [5.41, 5.74) is 7.71. The lowest BCUT2D eigenvalue weighted by molar-refractivity contribution is 0.0726. The molecule has 2 aromatic rings. The largest absolute Gasteiger partial charge is 0.505 e. The van der Waals surface area contributed by atoms with Crippen molar-refractivity contribution >= 4 is 11.6 Å². The first-order chi connectivity index (χ1) is 10.1. The number of amides is 1. The number of carbonyl (C=O) groups excluding carboxylic acids is 1. The van der Waals surface area contributed by atoms with E-state index in [1.54, 1.807) is 11.0 Å². The Balaban J connectivity index is 1.83. The van der Waals surface area contributed by atoms with Crippen molar-refractivity contribution in [1.82, 2.24) is 9.88 Å². The Labute approximate surface area is 123 Å². The van der Waals surface area contributed by atoms with E-state index >= 15 is 0 Å². The number of rotatable bonds is 4. The lowest BCUT2D eigenvalue weighted by Crippen LogP contribution is -2.32. The molecule has 1 amide bonds. The Morgan fingerprint density at radius 2 is 2.00 bits per heavy atom. The molecule has 0 radical (unpaired) electrons. The van der Waals surface area contributed by atoms with Gasteiger partial charge in [0.2, 0.25) is 0 Å². The Hall–Kier alpha value is -2.56. The van der Waals surface area contributed by atoms with Crippen molar-refractivity contribution in [1.29, 1.82) is 0 Å². The van der Waals surface area contributed by atoms with Crippen molar-refractivity contribution in [3.8, 4) is 5.75 Å². The maximum absolute atomic E-state index is 12.6. The van der Waals surface area contributed by atoms with Gasteiger partial charge in [-0.2, -0.15) is 0 Å². The number of carbonyl (C=O) groups is 1. The van der Waals surface area contributed by atoms with Crippen LogP contribution in [-0.2, 0) is 6.54 Å². The Kier molecular flexibility index (Phi) is 3.48. The number of aromatic hydroxyl groups is 1. The molecule has 0 unspecified atom stereocenters. The lowest BCUT2D eigenvalue weighted by atomic mass is 10.1. The molecule has 3 rings (SSSR count). The number of benzene rings is 1. The fourth-order valence-electron chi connectivity index (χ4n) is 2.29. The lowest BCUT2D eigenvalue weighted by Gasteiger charge is -2.23. The number of hydrogen-bond acceptors (Lipinski definition) is 4. The second kappa shape index (κ2) is 5.44. The molecule has 1 saturated carbocycles. The summed E-state index contributed by atoms with van der Waals surface area (Å²) in [7, 11) is 0. The maximum Gasteiger partial charge on any atom is 0.258 e. The van der Waals surface area contributed by atoms with Crippen LogP contribution < -0.4 is 5.73 Å². The number of nitrogen functional groups attached to an aromatic ring is 1. The third kappa shape index (κ3) is 2.97. The van der Waals surface area contributed by atoms with E-state index in [4.69, 9.17) is 5.73 Å². The van der Waals surface area contributed by atoms with E-state index < -0.39 is 0 Å². The molecular formula is C16H17N3O2. The van der Waals surface area contributed by atoms with Crippen LogP contribution in [0.25, 0.3) is 0 Å². The van der Waals surface area contributed by atoms with Crippen molar-refractivity contribution in [3.63, 3.8) is 0 Å². The molecule has 0 aliphatic heterocycles. The monoisotopic (exact) mass is 283 g/mol.